The quantitative estimate of drug-likeness (QED) is 0.765. The average Bonchev–Trinajstić information content (AvgIpc) is 3.13. The van der Waals surface area contributed by atoms with Crippen molar-refractivity contribution in [1.82, 2.24) is 25.2 Å². The Hall–Kier alpha value is -2.49. The molecule has 1 atom stereocenters. The topological polar surface area (TPSA) is 63.1 Å². The molecule has 1 aromatic carbocycles. The van der Waals surface area contributed by atoms with E-state index >= 15 is 0 Å². The zero-order valence-electron chi connectivity index (χ0n) is 16.2. The van der Waals surface area contributed by atoms with Crippen molar-refractivity contribution in [2.24, 2.45) is 5.92 Å². The fourth-order valence-corrected chi connectivity index (χ4v) is 3.37. The van der Waals surface area contributed by atoms with Crippen LogP contribution in [0.1, 0.15) is 42.9 Å². The summed E-state index contributed by atoms with van der Waals surface area (Å²) in [5.41, 5.74) is -2.14. The molecule has 158 valence electrons. The maximum atomic E-state index is 13.6. The summed E-state index contributed by atoms with van der Waals surface area (Å²) in [6.07, 6.45) is -2.75. The summed E-state index contributed by atoms with van der Waals surface area (Å²) in [5.74, 6) is -0.881. The lowest BCUT2D eigenvalue weighted by atomic mass is 9.98. The maximum absolute atomic E-state index is 13.6. The van der Waals surface area contributed by atoms with Crippen LogP contribution in [0.25, 0.3) is 5.69 Å². The third-order valence-electron chi connectivity index (χ3n) is 5.22. The van der Waals surface area contributed by atoms with Crippen LogP contribution in [0, 0.1) is 11.7 Å². The number of halogens is 4. The summed E-state index contributed by atoms with van der Waals surface area (Å²) >= 11 is 0. The Morgan fingerprint density at radius 2 is 1.86 bits per heavy atom. The van der Waals surface area contributed by atoms with E-state index in [0.29, 0.717) is 10.6 Å². The van der Waals surface area contributed by atoms with E-state index in [-0.39, 0.29) is 18.3 Å². The second kappa shape index (κ2) is 8.48. The molecular formula is C19H23F4N5O. The summed E-state index contributed by atoms with van der Waals surface area (Å²) in [4.78, 5) is 14.7. The zero-order valence-corrected chi connectivity index (χ0v) is 16.2. The molecule has 2 aromatic rings. The predicted molar refractivity (Wildman–Crippen MR) is 98.1 cm³/mol. The molecule has 1 N–H and O–H groups in total. The summed E-state index contributed by atoms with van der Waals surface area (Å²) in [5, 5.41) is 9.47. The van der Waals surface area contributed by atoms with Gasteiger partial charge in [-0.05, 0) is 63.0 Å². The molecule has 2 heterocycles. The van der Waals surface area contributed by atoms with Gasteiger partial charge in [0, 0.05) is 12.6 Å². The van der Waals surface area contributed by atoms with Crippen LogP contribution in [0.4, 0.5) is 17.6 Å². The number of amides is 1. The number of carbonyl (C=O) groups excluding carboxylic acids is 1. The van der Waals surface area contributed by atoms with Crippen molar-refractivity contribution in [3.05, 3.63) is 41.5 Å². The van der Waals surface area contributed by atoms with Crippen LogP contribution in [-0.4, -0.2) is 51.5 Å². The van der Waals surface area contributed by atoms with E-state index in [0.717, 1.165) is 50.2 Å². The maximum Gasteiger partial charge on any atom is 0.435 e. The Morgan fingerprint density at radius 3 is 2.45 bits per heavy atom. The molecule has 6 nitrogen and oxygen atoms in total. The van der Waals surface area contributed by atoms with Gasteiger partial charge in [-0.2, -0.15) is 13.2 Å². The number of hydrogen-bond donors (Lipinski definition) is 1. The van der Waals surface area contributed by atoms with Crippen molar-refractivity contribution in [2.75, 3.05) is 19.6 Å². The van der Waals surface area contributed by atoms with Gasteiger partial charge in [0.2, 0.25) is 0 Å². The normalized spacial score (nSPS) is 17.3. The fourth-order valence-electron chi connectivity index (χ4n) is 3.37. The summed E-state index contributed by atoms with van der Waals surface area (Å²) in [6, 6.07) is 4.30. The fraction of sp³-hybridized carbons (Fsp3) is 0.526. The van der Waals surface area contributed by atoms with Gasteiger partial charge in [-0.25, -0.2) is 9.07 Å². The molecule has 1 amide bonds. The monoisotopic (exact) mass is 413 g/mol. The van der Waals surface area contributed by atoms with Gasteiger partial charge in [0.25, 0.3) is 5.91 Å². The molecule has 1 aliphatic heterocycles. The van der Waals surface area contributed by atoms with E-state index in [2.05, 4.69) is 27.5 Å². The van der Waals surface area contributed by atoms with Crippen LogP contribution in [0.15, 0.2) is 24.3 Å². The largest absolute Gasteiger partial charge is 0.435 e. The Balaban J connectivity index is 1.75. The van der Waals surface area contributed by atoms with Gasteiger partial charge >= 0.3 is 6.18 Å². The smallest absolute Gasteiger partial charge is 0.349 e. The molecule has 1 saturated heterocycles. The minimum absolute atomic E-state index is 0.00655. The summed E-state index contributed by atoms with van der Waals surface area (Å²) in [6.45, 7) is 6.11. The third kappa shape index (κ3) is 4.92. The van der Waals surface area contributed by atoms with Gasteiger partial charge in [0.1, 0.15) is 5.82 Å². The van der Waals surface area contributed by atoms with Crippen molar-refractivity contribution >= 4 is 5.91 Å². The van der Waals surface area contributed by atoms with Gasteiger partial charge in [0.15, 0.2) is 11.4 Å². The first-order valence-electron chi connectivity index (χ1n) is 9.48. The molecule has 0 aliphatic carbocycles. The second-order valence-electron chi connectivity index (χ2n) is 7.45. The van der Waals surface area contributed by atoms with Crippen LogP contribution in [0.3, 0.4) is 0 Å². The van der Waals surface area contributed by atoms with E-state index in [1.165, 1.54) is 0 Å². The molecule has 1 unspecified atom stereocenters. The number of likely N-dealkylation sites (tertiary alicyclic amines) is 1. The van der Waals surface area contributed by atoms with Gasteiger partial charge in [-0.3, -0.25) is 9.69 Å². The number of nitrogens with one attached hydrogen (secondary N) is 1. The van der Waals surface area contributed by atoms with Crippen LogP contribution < -0.4 is 5.32 Å². The van der Waals surface area contributed by atoms with Crippen molar-refractivity contribution in [2.45, 2.75) is 38.9 Å². The highest BCUT2D eigenvalue weighted by molar-refractivity contribution is 5.93. The Morgan fingerprint density at radius 1 is 1.24 bits per heavy atom. The van der Waals surface area contributed by atoms with Crippen LogP contribution >= 0.6 is 0 Å². The first kappa shape index (κ1) is 21.2. The molecule has 1 fully saturated rings. The number of rotatable bonds is 5. The van der Waals surface area contributed by atoms with Crippen molar-refractivity contribution in [3.63, 3.8) is 0 Å². The number of benzene rings is 1. The van der Waals surface area contributed by atoms with Crippen LogP contribution in [0.5, 0.6) is 0 Å². The molecule has 10 heteroatoms. The molecule has 0 radical (unpaired) electrons. The first-order chi connectivity index (χ1) is 13.7. The number of piperidine rings is 1. The highest BCUT2D eigenvalue weighted by Crippen LogP contribution is 2.32. The first-order valence-corrected chi connectivity index (χ1v) is 9.48. The van der Waals surface area contributed by atoms with E-state index in [9.17, 15) is 22.4 Å². The highest BCUT2D eigenvalue weighted by atomic mass is 19.4. The van der Waals surface area contributed by atoms with Gasteiger partial charge in [-0.15, -0.1) is 5.10 Å². The van der Waals surface area contributed by atoms with E-state index < -0.39 is 29.3 Å². The lowest BCUT2D eigenvalue weighted by Gasteiger charge is -2.34. The number of hydrogen-bond acceptors (Lipinski definition) is 4. The number of carbonyl (C=O) groups is 1. The summed E-state index contributed by atoms with van der Waals surface area (Å²) in [7, 11) is 0. The van der Waals surface area contributed by atoms with Gasteiger partial charge in [0.05, 0.1) is 5.69 Å². The standard InChI is InChI=1S/C19H23F4N5O/c1-12-7-9-27(10-8-12)13(2)11-24-18(29)16-17(19(21,22)23)28(26-25-16)15-5-3-14(20)4-6-15/h3-6,12-13H,7-11H2,1-2H3,(H,24,29). The zero-order chi connectivity index (χ0) is 21.2. The van der Waals surface area contributed by atoms with Gasteiger partial charge in [-0.1, -0.05) is 12.1 Å². The highest BCUT2D eigenvalue weighted by Gasteiger charge is 2.42. The van der Waals surface area contributed by atoms with Crippen molar-refractivity contribution in [3.8, 4) is 5.69 Å². The lowest BCUT2D eigenvalue weighted by molar-refractivity contribution is -0.143. The SMILES string of the molecule is CC1CCN(C(C)CNC(=O)c2nnn(-c3ccc(F)cc3)c2C(F)(F)F)CC1. The molecule has 0 bridgehead atoms. The minimum atomic E-state index is -4.86. The minimum Gasteiger partial charge on any atom is -0.349 e. The lowest BCUT2D eigenvalue weighted by Crippen LogP contribution is -2.45. The van der Waals surface area contributed by atoms with Crippen molar-refractivity contribution < 1.29 is 22.4 Å². The van der Waals surface area contributed by atoms with E-state index in [4.69, 9.17) is 0 Å². The predicted octanol–water partition coefficient (Wildman–Crippen LogP) is 3.28. The molecule has 1 aliphatic rings. The van der Waals surface area contributed by atoms with Crippen LogP contribution in [-0.2, 0) is 6.18 Å². The van der Waals surface area contributed by atoms with E-state index in [1.807, 2.05) is 6.92 Å². The Bertz CT molecular complexity index is 841. The average molecular weight is 413 g/mol. The molecule has 29 heavy (non-hydrogen) atoms. The second-order valence-corrected chi connectivity index (χ2v) is 7.45. The van der Waals surface area contributed by atoms with E-state index in [1.54, 1.807) is 0 Å². The molecule has 0 saturated carbocycles. The number of nitrogens with zero attached hydrogens (tertiary/aromatic N) is 4. The molecule has 0 spiro atoms. The van der Waals surface area contributed by atoms with Gasteiger partial charge < -0.3 is 5.32 Å². The van der Waals surface area contributed by atoms with Crippen LogP contribution in [0.2, 0.25) is 0 Å². The summed E-state index contributed by atoms with van der Waals surface area (Å²) < 4.78 is 54.5. The number of aromatic nitrogens is 3. The Labute approximate surface area is 165 Å². The number of alkyl halides is 3. The van der Waals surface area contributed by atoms with Crippen molar-refractivity contribution in [1.29, 1.82) is 0 Å². The molecule has 1 aromatic heterocycles. The molecular weight excluding hydrogens is 390 g/mol. The molecule has 3 rings (SSSR count). The third-order valence-corrected chi connectivity index (χ3v) is 5.22. The Kier molecular flexibility index (Phi) is 6.21.